The van der Waals surface area contributed by atoms with Gasteiger partial charge in [-0.25, -0.2) is 8.42 Å². The van der Waals surface area contributed by atoms with Gasteiger partial charge in [-0.1, -0.05) is 68.8 Å². The maximum Gasteiger partial charge on any atom is 0.264 e. The van der Waals surface area contributed by atoms with Crippen LogP contribution in [0.5, 0.6) is 11.5 Å². The molecule has 224 valence electrons. The fraction of sp³-hybridized carbons (Fsp3) is 0.375. The van der Waals surface area contributed by atoms with Gasteiger partial charge in [0.25, 0.3) is 10.0 Å². The van der Waals surface area contributed by atoms with E-state index in [1.54, 1.807) is 36.4 Å². The van der Waals surface area contributed by atoms with Crippen LogP contribution in [0.15, 0.2) is 77.7 Å². The van der Waals surface area contributed by atoms with Crippen LogP contribution in [0.2, 0.25) is 0 Å². The van der Waals surface area contributed by atoms with Gasteiger partial charge in [0, 0.05) is 19.2 Å². The maximum absolute atomic E-state index is 14.2. The zero-order chi connectivity index (χ0) is 30.3. The Bertz CT molecular complexity index is 1480. The fourth-order valence-corrected chi connectivity index (χ4v) is 6.09. The van der Waals surface area contributed by atoms with Crippen molar-refractivity contribution in [2.45, 2.75) is 51.6 Å². The van der Waals surface area contributed by atoms with Crippen molar-refractivity contribution in [2.24, 2.45) is 5.92 Å². The van der Waals surface area contributed by atoms with E-state index in [9.17, 15) is 18.0 Å². The molecule has 0 radical (unpaired) electrons. The molecular weight excluding hydrogens is 554 g/mol. The molecule has 10 heteroatoms. The molecular formula is C32H39N3O6S. The average molecular weight is 594 g/mol. The molecule has 0 bridgehead atoms. The second-order valence-electron chi connectivity index (χ2n) is 10.7. The number of benzene rings is 3. The number of ether oxygens (including phenoxy) is 2. The molecule has 0 saturated heterocycles. The smallest absolute Gasteiger partial charge is 0.264 e. The standard InChI is InChI=1S/C32H39N3O6S/c1-5-28(32(37)33-20-23(2)3)34(21-25-13-11-24(4)12-14-25)31(36)22-35(42(38,39)27-9-7-6-8-10-27)26-15-16-29-30(19-26)41-18-17-40-29/h6-16,19,23,28H,5,17-18,20-22H2,1-4H3,(H,33,37)/t28-/m0/s1. The minimum absolute atomic E-state index is 0.0412. The largest absolute Gasteiger partial charge is 0.486 e. The number of carbonyl (C=O) groups is 2. The highest BCUT2D eigenvalue weighted by atomic mass is 32.2. The Morgan fingerprint density at radius 3 is 2.24 bits per heavy atom. The second kappa shape index (κ2) is 13.7. The summed E-state index contributed by atoms with van der Waals surface area (Å²) in [5.41, 5.74) is 2.15. The Morgan fingerprint density at radius 2 is 1.60 bits per heavy atom. The van der Waals surface area contributed by atoms with Gasteiger partial charge in [-0.15, -0.1) is 0 Å². The molecule has 1 aliphatic rings. The van der Waals surface area contributed by atoms with Gasteiger partial charge in [-0.3, -0.25) is 13.9 Å². The van der Waals surface area contributed by atoms with Crippen molar-refractivity contribution >= 4 is 27.5 Å². The predicted octanol–water partition coefficient (Wildman–Crippen LogP) is 4.54. The normalized spacial score (nSPS) is 13.4. The Labute approximate surface area is 248 Å². The van der Waals surface area contributed by atoms with E-state index >= 15 is 0 Å². The van der Waals surface area contributed by atoms with Crippen molar-refractivity contribution in [3.8, 4) is 11.5 Å². The molecule has 0 aromatic heterocycles. The molecule has 0 saturated carbocycles. The number of hydrogen-bond acceptors (Lipinski definition) is 6. The van der Waals surface area contributed by atoms with E-state index in [2.05, 4.69) is 5.32 Å². The van der Waals surface area contributed by atoms with Gasteiger partial charge < -0.3 is 19.7 Å². The van der Waals surface area contributed by atoms with Crippen LogP contribution < -0.4 is 19.1 Å². The number of fused-ring (bicyclic) bond motifs is 1. The van der Waals surface area contributed by atoms with E-state index in [0.717, 1.165) is 15.4 Å². The van der Waals surface area contributed by atoms with Crippen LogP contribution in [0.1, 0.15) is 38.3 Å². The van der Waals surface area contributed by atoms with Crippen molar-refractivity contribution in [3.05, 3.63) is 83.9 Å². The number of nitrogens with zero attached hydrogens (tertiary/aromatic N) is 2. The fourth-order valence-electron chi connectivity index (χ4n) is 4.67. The molecule has 9 nitrogen and oxygen atoms in total. The maximum atomic E-state index is 14.2. The van der Waals surface area contributed by atoms with Gasteiger partial charge in [-0.05, 0) is 49.1 Å². The van der Waals surface area contributed by atoms with Crippen molar-refractivity contribution in [3.63, 3.8) is 0 Å². The molecule has 1 heterocycles. The van der Waals surface area contributed by atoms with Crippen molar-refractivity contribution < 1.29 is 27.5 Å². The topological polar surface area (TPSA) is 105 Å². The van der Waals surface area contributed by atoms with Crippen molar-refractivity contribution in [1.29, 1.82) is 0 Å². The highest BCUT2D eigenvalue weighted by Gasteiger charge is 2.34. The number of sulfonamides is 1. The molecule has 0 aliphatic carbocycles. The highest BCUT2D eigenvalue weighted by Crippen LogP contribution is 2.36. The van der Waals surface area contributed by atoms with Gasteiger partial charge in [-0.2, -0.15) is 0 Å². The highest BCUT2D eigenvalue weighted by molar-refractivity contribution is 7.92. The molecule has 42 heavy (non-hydrogen) atoms. The van der Waals surface area contributed by atoms with Crippen LogP contribution in [0.25, 0.3) is 0 Å². The van der Waals surface area contributed by atoms with Crippen LogP contribution >= 0.6 is 0 Å². The third-order valence-corrected chi connectivity index (χ3v) is 8.76. The predicted molar refractivity (Wildman–Crippen MR) is 162 cm³/mol. The second-order valence-corrected chi connectivity index (χ2v) is 12.6. The summed E-state index contributed by atoms with van der Waals surface area (Å²) in [5, 5.41) is 2.94. The lowest BCUT2D eigenvalue weighted by Crippen LogP contribution is -2.52. The van der Waals surface area contributed by atoms with Gasteiger partial charge in [0.05, 0.1) is 10.6 Å². The molecule has 0 spiro atoms. The lowest BCUT2D eigenvalue weighted by molar-refractivity contribution is -0.140. The van der Waals surface area contributed by atoms with Crippen LogP contribution in [0, 0.1) is 12.8 Å². The number of nitrogens with one attached hydrogen (secondary N) is 1. The first kappa shape index (κ1) is 30.9. The minimum Gasteiger partial charge on any atom is -0.486 e. The van der Waals surface area contributed by atoms with Gasteiger partial charge in [0.15, 0.2) is 11.5 Å². The number of rotatable bonds is 12. The molecule has 0 unspecified atom stereocenters. The molecule has 2 amide bonds. The molecule has 1 aliphatic heterocycles. The van der Waals surface area contributed by atoms with E-state index in [1.807, 2.05) is 52.0 Å². The molecule has 4 rings (SSSR count). The molecule has 3 aromatic rings. The van der Waals surface area contributed by atoms with Crippen LogP contribution in [0.3, 0.4) is 0 Å². The summed E-state index contributed by atoms with van der Waals surface area (Å²) in [7, 11) is -4.17. The van der Waals surface area contributed by atoms with Gasteiger partial charge in [0.1, 0.15) is 25.8 Å². The number of amides is 2. The summed E-state index contributed by atoms with van der Waals surface area (Å²) in [6, 6.07) is 19.7. The number of aryl methyl sites for hydroxylation is 1. The first-order valence-corrected chi connectivity index (χ1v) is 15.6. The summed E-state index contributed by atoms with van der Waals surface area (Å²) in [4.78, 5) is 29.0. The molecule has 1 atom stereocenters. The first-order chi connectivity index (χ1) is 20.1. The van der Waals surface area contributed by atoms with E-state index < -0.39 is 28.5 Å². The minimum atomic E-state index is -4.17. The molecule has 3 aromatic carbocycles. The third kappa shape index (κ3) is 7.42. The third-order valence-electron chi connectivity index (χ3n) is 6.97. The SMILES string of the molecule is CC[C@@H](C(=O)NCC(C)C)N(Cc1ccc(C)cc1)C(=O)CN(c1ccc2c(c1)OCCO2)S(=O)(=O)c1ccccc1. The zero-order valence-corrected chi connectivity index (χ0v) is 25.4. The number of anilines is 1. The Hall–Kier alpha value is -4.05. The van der Waals surface area contributed by atoms with E-state index in [-0.39, 0.29) is 29.0 Å². The first-order valence-electron chi connectivity index (χ1n) is 14.2. The van der Waals surface area contributed by atoms with E-state index in [1.165, 1.54) is 17.0 Å². The van der Waals surface area contributed by atoms with Crippen LogP contribution in [0.4, 0.5) is 5.69 Å². The summed E-state index contributed by atoms with van der Waals surface area (Å²) in [5.74, 6) is 0.354. The van der Waals surface area contributed by atoms with E-state index in [0.29, 0.717) is 37.7 Å². The van der Waals surface area contributed by atoms with Crippen molar-refractivity contribution in [2.75, 3.05) is 30.6 Å². The summed E-state index contributed by atoms with van der Waals surface area (Å²) < 4.78 is 40.4. The quantitative estimate of drug-likeness (QED) is 0.331. The lowest BCUT2D eigenvalue weighted by atomic mass is 10.1. The Balaban J connectivity index is 1.73. The number of carbonyl (C=O) groups excluding carboxylic acids is 2. The average Bonchev–Trinajstić information content (AvgIpc) is 2.99. The monoisotopic (exact) mass is 593 g/mol. The summed E-state index contributed by atoms with van der Waals surface area (Å²) in [6.45, 7) is 8.62. The summed E-state index contributed by atoms with van der Waals surface area (Å²) >= 11 is 0. The van der Waals surface area contributed by atoms with Gasteiger partial charge >= 0.3 is 0 Å². The molecule has 0 fully saturated rings. The van der Waals surface area contributed by atoms with E-state index in [4.69, 9.17) is 9.47 Å². The van der Waals surface area contributed by atoms with Crippen molar-refractivity contribution in [1.82, 2.24) is 10.2 Å². The van der Waals surface area contributed by atoms with Gasteiger partial charge in [0.2, 0.25) is 11.8 Å². The van der Waals surface area contributed by atoms with Crippen LogP contribution in [-0.4, -0.2) is 57.5 Å². The number of hydrogen-bond donors (Lipinski definition) is 1. The zero-order valence-electron chi connectivity index (χ0n) is 24.6. The summed E-state index contributed by atoms with van der Waals surface area (Å²) in [6.07, 6.45) is 0.358. The lowest BCUT2D eigenvalue weighted by Gasteiger charge is -2.33. The molecule has 1 N–H and O–H groups in total. The Morgan fingerprint density at radius 1 is 0.929 bits per heavy atom. The van der Waals surface area contributed by atoms with Crippen LogP contribution in [-0.2, 0) is 26.2 Å². The Kier molecular flexibility index (Phi) is 10.1.